The molecule has 19 heavy (non-hydrogen) atoms. The van der Waals surface area contributed by atoms with Crippen molar-refractivity contribution in [3.63, 3.8) is 0 Å². The first-order chi connectivity index (χ1) is 7.69. The van der Waals surface area contributed by atoms with Gasteiger partial charge < -0.3 is 46.7 Å². The molecule has 0 aromatic rings. The number of methoxy groups -OCH3 is 2. The topological polar surface area (TPSA) is 18.5 Å². The summed E-state index contributed by atoms with van der Waals surface area (Å²) in [7, 11) is 3.21. The molecule has 1 unspecified atom stereocenters. The van der Waals surface area contributed by atoms with Crippen LogP contribution in [0.3, 0.4) is 0 Å². The predicted molar refractivity (Wildman–Crippen MR) is 61.9 cm³/mol. The van der Waals surface area contributed by atoms with Crippen LogP contribution >= 0.6 is 0 Å². The molecule has 0 saturated carbocycles. The molecule has 110 valence electrons. The minimum absolute atomic E-state index is 0. The molecule has 0 aromatic carbocycles. The Morgan fingerprint density at radius 2 is 1.63 bits per heavy atom. The van der Waals surface area contributed by atoms with E-state index >= 15 is 0 Å². The van der Waals surface area contributed by atoms with Crippen molar-refractivity contribution in [3.05, 3.63) is 23.3 Å². The third-order valence-electron chi connectivity index (χ3n) is 3.08. The van der Waals surface area contributed by atoms with Crippen LogP contribution in [0.15, 0.2) is 23.3 Å². The van der Waals surface area contributed by atoms with Crippen molar-refractivity contribution < 1.29 is 71.4 Å². The van der Waals surface area contributed by atoms with Gasteiger partial charge in [0, 0.05) is 14.2 Å². The standard InChI is InChI=1S/C9H11.C4H10O2.3ClH.Zr/c1-2-5-9-7-3-6-8(9)4-1;1-4(5-2)6-3;;;;/h3,6-7H,1-2,4-5H2;4H,1-3H3;3*1H;/q;;;;;+3/p-3. The zero-order valence-corrected chi connectivity index (χ0v) is 16.3. The van der Waals surface area contributed by atoms with Gasteiger partial charge >= 0.3 is 77.3 Å². The van der Waals surface area contributed by atoms with Crippen LogP contribution in [0.1, 0.15) is 32.6 Å². The average molecular weight is 407 g/mol. The molecule has 0 radical (unpaired) electrons. The van der Waals surface area contributed by atoms with E-state index < -0.39 is 0 Å². The molecule has 0 aliphatic heterocycles. The van der Waals surface area contributed by atoms with Gasteiger partial charge in [-0.05, 0) is 6.92 Å². The van der Waals surface area contributed by atoms with Crippen molar-refractivity contribution in [2.75, 3.05) is 14.2 Å². The number of halogens is 3. The fourth-order valence-corrected chi connectivity index (χ4v) is 2.97. The van der Waals surface area contributed by atoms with Gasteiger partial charge in [-0.2, -0.15) is 0 Å². The zero-order chi connectivity index (χ0) is 12.0. The number of allylic oxidation sites excluding steroid dienone is 4. The quantitative estimate of drug-likeness (QED) is 0.426. The van der Waals surface area contributed by atoms with Crippen LogP contribution in [-0.2, 0) is 34.2 Å². The fraction of sp³-hybridized carbons (Fsp3) is 0.692. The molecule has 2 aliphatic rings. The van der Waals surface area contributed by atoms with Crippen LogP contribution in [-0.4, -0.2) is 20.5 Å². The molecule has 2 rings (SSSR count). The van der Waals surface area contributed by atoms with E-state index in [1.54, 1.807) is 50.1 Å². The second kappa shape index (κ2) is 14.1. The maximum atomic E-state index is 4.68. The van der Waals surface area contributed by atoms with Crippen molar-refractivity contribution >= 4 is 0 Å². The first-order valence-electron chi connectivity index (χ1n) is 5.86. The van der Waals surface area contributed by atoms with E-state index in [1.807, 2.05) is 6.92 Å². The van der Waals surface area contributed by atoms with Crippen LogP contribution in [0.4, 0.5) is 0 Å². The van der Waals surface area contributed by atoms with Crippen LogP contribution in [0, 0.1) is 0 Å². The van der Waals surface area contributed by atoms with E-state index in [1.165, 1.54) is 25.7 Å². The van der Waals surface area contributed by atoms with E-state index in [9.17, 15) is 0 Å². The first kappa shape index (κ1) is 25.1. The van der Waals surface area contributed by atoms with Crippen molar-refractivity contribution in [2.24, 2.45) is 0 Å². The van der Waals surface area contributed by atoms with Gasteiger partial charge in [0.2, 0.25) is 0 Å². The zero-order valence-electron chi connectivity index (χ0n) is 11.6. The van der Waals surface area contributed by atoms with Crippen molar-refractivity contribution in [1.29, 1.82) is 0 Å². The molecule has 2 aliphatic carbocycles. The predicted octanol–water partition coefficient (Wildman–Crippen LogP) is -5.60. The summed E-state index contributed by atoms with van der Waals surface area (Å²) in [5.74, 6) is 0. The van der Waals surface area contributed by atoms with E-state index in [0.29, 0.717) is 0 Å². The molecule has 0 spiro atoms. The van der Waals surface area contributed by atoms with Gasteiger partial charge in [0.25, 0.3) is 0 Å². The molecule has 0 amide bonds. The van der Waals surface area contributed by atoms with E-state index in [4.69, 9.17) is 0 Å². The Hall–Kier alpha value is 1.15. The van der Waals surface area contributed by atoms with Crippen molar-refractivity contribution in [1.82, 2.24) is 0 Å². The molecular formula is C13H21Cl3O2Zr. The van der Waals surface area contributed by atoms with E-state index in [-0.39, 0.29) is 43.5 Å². The second-order valence-electron chi connectivity index (χ2n) is 4.13. The average Bonchev–Trinajstić information content (AvgIpc) is 2.72. The van der Waals surface area contributed by atoms with Crippen LogP contribution in [0.25, 0.3) is 0 Å². The van der Waals surface area contributed by atoms with Gasteiger partial charge in [-0.15, -0.1) is 0 Å². The molecule has 0 aromatic heterocycles. The number of hydrogen-bond acceptors (Lipinski definition) is 2. The molecule has 0 bridgehead atoms. The van der Waals surface area contributed by atoms with Gasteiger partial charge in [0.05, 0.1) is 0 Å². The van der Waals surface area contributed by atoms with Gasteiger partial charge in [-0.25, -0.2) is 0 Å². The summed E-state index contributed by atoms with van der Waals surface area (Å²) in [4.78, 5) is 0. The second-order valence-corrected chi connectivity index (χ2v) is 5.66. The third-order valence-corrected chi connectivity index (χ3v) is 4.41. The van der Waals surface area contributed by atoms with Crippen molar-refractivity contribution in [2.45, 2.75) is 42.5 Å². The molecule has 6 heteroatoms. The summed E-state index contributed by atoms with van der Waals surface area (Å²) in [6.45, 7) is 1.83. The molecular weight excluding hydrogens is 386 g/mol. The first-order valence-corrected chi connectivity index (χ1v) is 7.27. The molecule has 0 fully saturated rings. The molecule has 1 atom stereocenters. The van der Waals surface area contributed by atoms with Crippen molar-refractivity contribution in [3.8, 4) is 0 Å². The maximum absolute atomic E-state index is 4.68. The Labute approximate surface area is 150 Å². The summed E-state index contributed by atoms with van der Waals surface area (Å²) in [6, 6.07) is 0. The monoisotopic (exact) mass is 404 g/mol. The normalized spacial score (nSPS) is 19.6. The Bertz CT molecular complexity index is 279. The fourth-order valence-electron chi connectivity index (χ4n) is 1.92. The minimum atomic E-state index is -0.0648. The van der Waals surface area contributed by atoms with E-state index in [2.05, 4.69) is 21.6 Å². The summed E-state index contributed by atoms with van der Waals surface area (Å²) in [6.07, 6.45) is 10.3. The Balaban J connectivity index is -0.000000257. The number of rotatable bonds is 2. The SMILES string of the molecule is COC(C)OC.[Cl-].[Cl-].[Cl-].[Zr+3][CH]1C=CC2=C1CCCC2. The Morgan fingerprint density at radius 1 is 1.11 bits per heavy atom. The summed E-state index contributed by atoms with van der Waals surface area (Å²) in [5, 5.41) is 0. The third kappa shape index (κ3) is 8.91. The van der Waals surface area contributed by atoms with Crippen LogP contribution in [0.5, 0.6) is 0 Å². The molecule has 2 nitrogen and oxygen atoms in total. The van der Waals surface area contributed by atoms with Gasteiger partial charge in [-0.3, -0.25) is 0 Å². The van der Waals surface area contributed by atoms with Gasteiger partial charge in [0.1, 0.15) is 0 Å². The molecule has 0 N–H and O–H groups in total. The summed E-state index contributed by atoms with van der Waals surface area (Å²) >= 11 is 1.67. The summed E-state index contributed by atoms with van der Waals surface area (Å²) in [5.41, 5.74) is 3.44. The number of ether oxygens (including phenoxy) is 2. The number of hydrogen-bond donors (Lipinski definition) is 0. The molecule has 0 saturated heterocycles. The summed E-state index contributed by atoms with van der Waals surface area (Å²) < 4.78 is 10.2. The Kier molecular flexibility index (Phi) is 18.7. The van der Waals surface area contributed by atoms with E-state index in [0.717, 1.165) is 3.63 Å². The van der Waals surface area contributed by atoms with Crippen LogP contribution < -0.4 is 37.2 Å². The molecule has 0 heterocycles. The van der Waals surface area contributed by atoms with Gasteiger partial charge in [0.15, 0.2) is 6.29 Å². The van der Waals surface area contributed by atoms with Gasteiger partial charge in [-0.1, -0.05) is 0 Å². The Morgan fingerprint density at radius 3 is 2.05 bits per heavy atom. The van der Waals surface area contributed by atoms with Crippen LogP contribution in [0.2, 0.25) is 3.63 Å².